The van der Waals surface area contributed by atoms with Gasteiger partial charge in [-0.25, -0.2) is 9.36 Å². The fourth-order valence-electron chi connectivity index (χ4n) is 4.47. The molecule has 202 valence electrons. The predicted octanol–water partition coefficient (Wildman–Crippen LogP) is 6.72. The van der Waals surface area contributed by atoms with Gasteiger partial charge in [-0.2, -0.15) is 0 Å². The number of nitrogens with zero attached hydrogens (tertiary/aromatic N) is 1. The Morgan fingerprint density at radius 3 is 2.64 bits per heavy atom. The molecule has 0 heterocycles. The van der Waals surface area contributed by atoms with Gasteiger partial charge in [0, 0.05) is 25.1 Å². The first kappa shape index (κ1) is 30.1. The van der Waals surface area contributed by atoms with E-state index in [1.54, 1.807) is 27.0 Å². The van der Waals surface area contributed by atoms with Crippen molar-refractivity contribution >= 4 is 13.9 Å². The number of benzene rings is 1. The smallest absolute Gasteiger partial charge is 0.472 e. The molecule has 3 atom stereocenters. The zero-order chi connectivity index (χ0) is 27.0. The van der Waals surface area contributed by atoms with Gasteiger partial charge >= 0.3 is 13.9 Å². The topological polar surface area (TPSA) is 106 Å². The summed E-state index contributed by atoms with van der Waals surface area (Å²) in [6, 6.07) is 3.60. The number of phenols is 1. The van der Waals surface area contributed by atoms with Gasteiger partial charge in [-0.1, -0.05) is 37.1 Å². The first-order valence-electron chi connectivity index (χ1n) is 12.6. The van der Waals surface area contributed by atoms with Gasteiger partial charge in [0.15, 0.2) is 0 Å². The number of ether oxygens (including phenoxy) is 1. The summed E-state index contributed by atoms with van der Waals surface area (Å²) >= 11 is 0. The Morgan fingerprint density at radius 2 is 2.03 bits per heavy atom. The van der Waals surface area contributed by atoms with Crippen LogP contribution in [0.5, 0.6) is 11.5 Å². The Balaban J connectivity index is 2.20. The summed E-state index contributed by atoms with van der Waals surface area (Å²) in [5.74, 6) is 0.448. The summed E-state index contributed by atoms with van der Waals surface area (Å²) in [4.78, 5) is 24.0. The first-order chi connectivity index (χ1) is 16.8. The lowest BCUT2D eigenvalue weighted by Gasteiger charge is -2.32. The van der Waals surface area contributed by atoms with Crippen molar-refractivity contribution in [3.63, 3.8) is 0 Å². The molecule has 2 N–H and O–H groups in total. The molecule has 0 spiro atoms. The summed E-state index contributed by atoms with van der Waals surface area (Å²) in [5, 5.41) is 11.1. The summed E-state index contributed by atoms with van der Waals surface area (Å²) in [6.07, 6.45) is 4.94. The molecule has 0 radical (unpaired) electrons. The van der Waals surface area contributed by atoms with E-state index >= 15 is 0 Å². The van der Waals surface area contributed by atoms with Crippen LogP contribution in [0.1, 0.15) is 77.3 Å². The van der Waals surface area contributed by atoms with Gasteiger partial charge in [0.05, 0.1) is 12.7 Å². The van der Waals surface area contributed by atoms with Crippen LogP contribution >= 0.6 is 7.82 Å². The number of aromatic hydroxyl groups is 1. The Bertz CT molecular complexity index is 1000. The molecule has 9 heteroatoms. The van der Waals surface area contributed by atoms with E-state index in [1.807, 2.05) is 19.9 Å². The van der Waals surface area contributed by atoms with E-state index in [1.165, 1.54) is 10.5 Å². The third kappa shape index (κ3) is 8.77. The van der Waals surface area contributed by atoms with Gasteiger partial charge in [-0.15, -0.1) is 0 Å². The predicted molar refractivity (Wildman–Crippen MR) is 141 cm³/mol. The quantitative estimate of drug-likeness (QED) is 0.178. The minimum atomic E-state index is -4.12. The third-order valence-electron chi connectivity index (χ3n) is 6.18. The molecule has 0 saturated heterocycles. The van der Waals surface area contributed by atoms with Crippen LogP contribution in [-0.4, -0.2) is 47.3 Å². The highest BCUT2D eigenvalue weighted by atomic mass is 31.2. The van der Waals surface area contributed by atoms with Crippen molar-refractivity contribution in [1.29, 1.82) is 0 Å². The van der Waals surface area contributed by atoms with Crippen LogP contribution < -0.4 is 4.74 Å². The Labute approximate surface area is 215 Å². The average Bonchev–Trinajstić information content (AvgIpc) is 2.75. The number of phosphoric acid groups is 1. The van der Waals surface area contributed by atoms with Crippen LogP contribution in [0.4, 0.5) is 4.79 Å². The molecule has 0 aliphatic heterocycles. The zero-order valence-electron chi connectivity index (χ0n) is 22.5. The molecule has 0 fully saturated rings. The fourth-order valence-corrected chi connectivity index (χ4v) is 5.42. The van der Waals surface area contributed by atoms with Crippen LogP contribution in [0.25, 0.3) is 0 Å². The van der Waals surface area contributed by atoms with Crippen LogP contribution in [0, 0.1) is 5.92 Å². The number of rotatable bonds is 12. The van der Waals surface area contributed by atoms with Crippen molar-refractivity contribution in [3.05, 3.63) is 47.1 Å². The monoisotopic (exact) mass is 523 g/mol. The lowest BCUT2D eigenvalue weighted by molar-refractivity contribution is 0.116. The van der Waals surface area contributed by atoms with Gasteiger partial charge in [0.25, 0.3) is 0 Å². The van der Waals surface area contributed by atoms with Gasteiger partial charge < -0.3 is 19.6 Å². The molecule has 2 rings (SSSR count). The number of phosphoric ester groups is 1. The highest BCUT2D eigenvalue weighted by Crippen LogP contribution is 2.47. The largest absolute Gasteiger partial charge is 0.507 e. The Morgan fingerprint density at radius 1 is 1.33 bits per heavy atom. The van der Waals surface area contributed by atoms with E-state index in [4.69, 9.17) is 13.8 Å². The van der Waals surface area contributed by atoms with Crippen LogP contribution in [0.15, 0.2) is 35.9 Å². The number of hydrogen-bond donors (Lipinski definition) is 2. The maximum atomic E-state index is 13.0. The van der Waals surface area contributed by atoms with Crippen molar-refractivity contribution in [2.24, 2.45) is 5.92 Å². The maximum Gasteiger partial charge on any atom is 0.472 e. The molecule has 8 nitrogen and oxygen atoms in total. The lowest BCUT2D eigenvalue weighted by Crippen LogP contribution is -2.31. The van der Waals surface area contributed by atoms with Gasteiger partial charge in [-0.05, 0) is 77.0 Å². The molecular weight excluding hydrogens is 481 g/mol. The minimum Gasteiger partial charge on any atom is -0.507 e. The maximum absolute atomic E-state index is 13.0. The summed E-state index contributed by atoms with van der Waals surface area (Å²) < 4.78 is 27.5. The van der Waals surface area contributed by atoms with E-state index in [0.717, 1.165) is 36.8 Å². The van der Waals surface area contributed by atoms with Crippen molar-refractivity contribution in [3.8, 4) is 11.5 Å². The van der Waals surface area contributed by atoms with E-state index in [2.05, 4.69) is 19.6 Å². The summed E-state index contributed by atoms with van der Waals surface area (Å²) in [7, 11) is -2.54. The number of carbonyl (C=O) groups is 1. The number of phenolic OH excluding ortho intramolecular Hbond substituents is 1. The average molecular weight is 524 g/mol. The van der Waals surface area contributed by atoms with Crippen molar-refractivity contribution in [2.45, 2.75) is 78.7 Å². The normalized spacial score (nSPS) is 19.5. The highest BCUT2D eigenvalue weighted by molar-refractivity contribution is 7.47. The number of allylic oxidation sites excluding steroid dienone is 3. The van der Waals surface area contributed by atoms with Crippen molar-refractivity contribution in [1.82, 2.24) is 4.90 Å². The van der Waals surface area contributed by atoms with E-state index in [0.29, 0.717) is 17.7 Å². The van der Waals surface area contributed by atoms with Gasteiger partial charge in [-0.3, -0.25) is 9.05 Å². The molecule has 0 aromatic heterocycles. The molecule has 1 aromatic carbocycles. The first-order valence-corrected chi connectivity index (χ1v) is 14.1. The summed E-state index contributed by atoms with van der Waals surface area (Å²) in [6.45, 7) is 13.7. The van der Waals surface area contributed by atoms with Crippen LogP contribution in [0.2, 0.25) is 0 Å². The van der Waals surface area contributed by atoms with Gasteiger partial charge in [0.2, 0.25) is 0 Å². The molecule has 36 heavy (non-hydrogen) atoms. The zero-order valence-corrected chi connectivity index (χ0v) is 23.3. The van der Waals surface area contributed by atoms with Crippen LogP contribution in [-0.2, 0) is 20.0 Å². The standard InChI is InChI=1S/C27H42NO7P/c1-8-10-21-16-24(29)26(23-15-20(6)11-12-22(23)18(2)3)25(17-21)34-27(30)28(7)13-9-14-33-36(31,32)35-19(4)5/h15-17,19,22-23,29H,2,8-14H2,1,3-7H3,(H,31,32)/t22-,23+/m0/s1. The number of hydrogen-bond acceptors (Lipinski definition) is 6. The molecular formula is C27H42NO7P. The lowest BCUT2D eigenvalue weighted by atomic mass is 9.73. The van der Waals surface area contributed by atoms with Crippen molar-refractivity contribution < 1.29 is 33.1 Å². The summed E-state index contributed by atoms with van der Waals surface area (Å²) in [5.41, 5.74) is 3.74. The second kappa shape index (κ2) is 13.4. The minimum absolute atomic E-state index is 0.0530. The Hall–Kier alpha value is -2.12. The second-order valence-corrected chi connectivity index (χ2v) is 11.3. The van der Waals surface area contributed by atoms with E-state index in [-0.39, 0.29) is 30.7 Å². The third-order valence-corrected chi connectivity index (χ3v) is 7.37. The molecule has 1 unspecified atom stereocenters. The second-order valence-electron chi connectivity index (χ2n) is 9.91. The van der Waals surface area contributed by atoms with Crippen molar-refractivity contribution in [2.75, 3.05) is 20.2 Å². The number of carbonyl (C=O) groups excluding carboxylic acids is 1. The SMILES string of the molecule is C=C(C)[C@@H]1CCC(C)=C[C@H]1c1c(O)cc(CCC)cc1OC(=O)N(C)CCCOP(=O)(O)OC(C)C. The molecule has 1 amide bonds. The van der Waals surface area contributed by atoms with E-state index < -0.39 is 20.0 Å². The molecule has 1 aliphatic carbocycles. The highest BCUT2D eigenvalue weighted by Gasteiger charge is 2.31. The molecule has 0 saturated carbocycles. The van der Waals surface area contributed by atoms with Crippen LogP contribution in [0.3, 0.4) is 0 Å². The fraction of sp³-hybridized carbons (Fsp3) is 0.593. The Kier molecular flexibility index (Phi) is 11.2. The number of aryl methyl sites for hydroxylation is 1. The van der Waals surface area contributed by atoms with E-state index in [9.17, 15) is 19.4 Å². The van der Waals surface area contributed by atoms with Gasteiger partial charge in [0.1, 0.15) is 11.5 Å². The molecule has 0 bridgehead atoms. The number of amides is 1. The molecule has 1 aromatic rings. The molecule has 1 aliphatic rings.